The number of hydrogen-bond donors (Lipinski definition) is 0. The van der Waals surface area contributed by atoms with Crippen molar-refractivity contribution in [2.45, 2.75) is 13.5 Å². The van der Waals surface area contributed by atoms with Crippen LogP contribution >= 0.6 is 11.6 Å². The van der Waals surface area contributed by atoms with Crippen molar-refractivity contribution < 1.29 is 4.74 Å². The van der Waals surface area contributed by atoms with E-state index < -0.39 is 0 Å². The van der Waals surface area contributed by atoms with Crippen molar-refractivity contribution in [3.63, 3.8) is 0 Å². The first-order valence-corrected chi connectivity index (χ1v) is 6.53. The molecule has 19 heavy (non-hydrogen) atoms. The summed E-state index contributed by atoms with van der Waals surface area (Å²) in [5, 5.41) is 4.89. The number of aromatic nitrogens is 2. The Bertz CT molecular complexity index is 561. The van der Waals surface area contributed by atoms with Gasteiger partial charge in [0.05, 0.1) is 18.9 Å². The zero-order valence-electron chi connectivity index (χ0n) is 11.1. The van der Waals surface area contributed by atoms with E-state index in [4.69, 9.17) is 16.3 Å². The van der Waals surface area contributed by atoms with E-state index in [1.807, 2.05) is 44.3 Å². The van der Waals surface area contributed by atoms with Crippen LogP contribution in [-0.2, 0) is 18.4 Å². The molecule has 0 unspecified atom stereocenters. The molecule has 0 aliphatic rings. The Morgan fingerprint density at radius 2 is 2.05 bits per heavy atom. The van der Waals surface area contributed by atoms with Crippen LogP contribution in [0.15, 0.2) is 36.4 Å². The molecular weight excluding hydrogens is 260 g/mol. The van der Waals surface area contributed by atoms with Gasteiger partial charge in [0, 0.05) is 12.6 Å². The summed E-state index contributed by atoms with van der Waals surface area (Å²) < 4.78 is 7.25. The van der Waals surface area contributed by atoms with Crippen molar-refractivity contribution in [1.29, 1.82) is 0 Å². The second kappa shape index (κ2) is 6.55. The Morgan fingerprint density at radius 3 is 2.68 bits per heavy atom. The highest BCUT2D eigenvalue weighted by Gasteiger charge is 2.10. The number of aryl methyl sites for hydroxylation is 2. The molecule has 3 nitrogen and oxygen atoms in total. The van der Waals surface area contributed by atoms with Gasteiger partial charge in [0.25, 0.3) is 0 Å². The van der Waals surface area contributed by atoms with E-state index in [1.54, 1.807) is 4.68 Å². The van der Waals surface area contributed by atoms with Crippen LogP contribution in [0.4, 0.5) is 0 Å². The first-order chi connectivity index (χ1) is 9.18. The van der Waals surface area contributed by atoms with E-state index in [1.165, 1.54) is 5.56 Å². The van der Waals surface area contributed by atoms with Crippen LogP contribution in [0.1, 0.15) is 16.8 Å². The highest BCUT2D eigenvalue weighted by molar-refractivity contribution is 6.30. The van der Waals surface area contributed by atoms with E-state index in [-0.39, 0.29) is 0 Å². The summed E-state index contributed by atoms with van der Waals surface area (Å²) in [5.41, 5.74) is 3.04. The van der Waals surface area contributed by atoms with Gasteiger partial charge in [-0.15, -0.1) is 0 Å². The number of rotatable bonds is 5. The monoisotopic (exact) mass is 276 g/mol. The van der Waals surface area contributed by atoms with Gasteiger partial charge >= 0.3 is 0 Å². The molecule has 0 aliphatic heterocycles. The summed E-state index contributed by atoms with van der Waals surface area (Å²) in [6, 6.07) is 10.1. The van der Waals surface area contributed by atoms with E-state index in [2.05, 4.69) is 17.2 Å². The van der Waals surface area contributed by atoms with Gasteiger partial charge in [0.2, 0.25) is 0 Å². The number of benzene rings is 1. The number of halogens is 1. The maximum Gasteiger partial charge on any atom is 0.132 e. The average molecular weight is 277 g/mol. The fourth-order valence-corrected chi connectivity index (χ4v) is 2.04. The van der Waals surface area contributed by atoms with Crippen molar-refractivity contribution in [2.24, 2.45) is 7.05 Å². The normalized spacial score (nSPS) is 11.3. The third kappa shape index (κ3) is 3.69. The largest absolute Gasteiger partial charge is 0.373 e. The minimum absolute atomic E-state index is 0.484. The summed E-state index contributed by atoms with van der Waals surface area (Å²) in [7, 11) is 1.83. The SMILES string of the molecule is Cc1nn(C)c(Cl)c1COC/C=C/c1ccccc1. The van der Waals surface area contributed by atoms with Gasteiger partial charge in [-0.2, -0.15) is 5.10 Å². The Balaban J connectivity index is 1.83. The predicted molar refractivity (Wildman–Crippen MR) is 78.1 cm³/mol. The first kappa shape index (κ1) is 13.8. The van der Waals surface area contributed by atoms with Gasteiger partial charge in [-0.25, -0.2) is 0 Å². The van der Waals surface area contributed by atoms with Crippen LogP contribution < -0.4 is 0 Å². The van der Waals surface area contributed by atoms with Crippen molar-refractivity contribution in [1.82, 2.24) is 9.78 Å². The fourth-order valence-electron chi connectivity index (χ4n) is 1.82. The van der Waals surface area contributed by atoms with Crippen molar-refractivity contribution in [2.75, 3.05) is 6.61 Å². The van der Waals surface area contributed by atoms with E-state index in [0.717, 1.165) is 11.3 Å². The van der Waals surface area contributed by atoms with E-state index >= 15 is 0 Å². The average Bonchev–Trinajstić information content (AvgIpc) is 2.65. The van der Waals surface area contributed by atoms with Gasteiger partial charge < -0.3 is 4.74 Å². The molecule has 0 bridgehead atoms. The molecule has 4 heteroatoms. The molecule has 2 aromatic rings. The van der Waals surface area contributed by atoms with Gasteiger partial charge in [0.1, 0.15) is 5.15 Å². The van der Waals surface area contributed by atoms with Crippen molar-refractivity contribution in [3.8, 4) is 0 Å². The summed E-state index contributed by atoms with van der Waals surface area (Å²) in [6.07, 6.45) is 4.03. The lowest BCUT2D eigenvalue weighted by Crippen LogP contribution is -1.94. The number of nitrogens with zero attached hydrogens (tertiary/aromatic N) is 2. The molecule has 1 aromatic heterocycles. The third-order valence-corrected chi connectivity index (χ3v) is 3.31. The minimum Gasteiger partial charge on any atom is -0.373 e. The molecule has 1 aromatic carbocycles. The molecular formula is C15H17ClN2O. The fraction of sp³-hybridized carbons (Fsp3) is 0.267. The molecule has 1 heterocycles. The molecule has 0 atom stereocenters. The minimum atomic E-state index is 0.484. The van der Waals surface area contributed by atoms with E-state index in [9.17, 15) is 0 Å². The quantitative estimate of drug-likeness (QED) is 0.780. The van der Waals surface area contributed by atoms with Crippen LogP contribution in [0.25, 0.3) is 6.08 Å². The van der Waals surface area contributed by atoms with Crippen LogP contribution in [0.2, 0.25) is 5.15 Å². The second-order valence-corrected chi connectivity index (χ2v) is 4.66. The molecule has 0 spiro atoms. The summed E-state index contributed by atoms with van der Waals surface area (Å²) in [6.45, 7) is 2.97. The molecule has 0 aliphatic carbocycles. The Labute approximate surface area is 118 Å². The maximum absolute atomic E-state index is 6.13. The lowest BCUT2D eigenvalue weighted by atomic mass is 10.2. The highest BCUT2D eigenvalue weighted by Crippen LogP contribution is 2.19. The topological polar surface area (TPSA) is 27.1 Å². The molecule has 0 amide bonds. The van der Waals surface area contributed by atoms with Crippen LogP contribution in [0.5, 0.6) is 0 Å². The van der Waals surface area contributed by atoms with Gasteiger partial charge in [-0.05, 0) is 12.5 Å². The highest BCUT2D eigenvalue weighted by atomic mass is 35.5. The Morgan fingerprint density at radius 1 is 1.32 bits per heavy atom. The van der Waals surface area contributed by atoms with Crippen LogP contribution in [0.3, 0.4) is 0 Å². The molecule has 0 radical (unpaired) electrons. The number of ether oxygens (including phenoxy) is 1. The van der Waals surface area contributed by atoms with Crippen molar-refractivity contribution in [3.05, 3.63) is 58.4 Å². The van der Waals surface area contributed by atoms with Crippen LogP contribution in [-0.4, -0.2) is 16.4 Å². The van der Waals surface area contributed by atoms with Gasteiger partial charge in [-0.3, -0.25) is 4.68 Å². The first-order valence-electron chi connectivity index (χ1n) is 6.16. The summed E-state index contributed by atoms with van der Waals surface area (Å²) in [4.78, 5) is 0. The zero-order valence-corrected chi connectivity index (χ0v) is 11.9. The van der Waals surface area contributed by atoms with E-state index in [0.29, 0.717) is 18.4 Å². The van der Waals surface area contributed by atoms with Gasteiger partial charge in [-0.1, -0.05) is 54.1 Å². The predicted octanol–water partition coefficient (Wildman–Crippen LogP) is 3.61. The summed E-state index contributed by atoms with van der Waals surface area (Å²) in [5.74, 6) is 0. The zero-order chi connectivity index (χ0) is 13.7. The second-order valence-electron chi connectivity index (χ2n) is 4.31. The van der Waals surface area contributed by atoms with Crippen molar-refractivity contribution >= 4 is 17.7 Å². The molecule has 0 N–H and O–H groups in total. The molecule has 0 saturated heterocycles. The lowest BCUT2D eigenvalue weighted by molar-refractivity contribution is 0.148. The molecule has 100 valence electrons. The van der Waals surface area contributed by atoms with Gasteiger partial charge in [0.15, 0.2) is 0 Å². The summed E-state index contributed by atoms with van der Waals surface area (Å²) >= 11 is 6.13. The maximum atomic E-state index is 6.13. The lowest BCUT2D eigenvalue weighted by Gasteiger charge is -2.01. The standard InChI is InChI=1S/C15H17ClN2O/c1-12-14(15(16)18(2)17-12)11-19-10-6-9-13-7-4-3-5-8-13/h3-9H,10-11H2,1-2H3/b9-6+. The third-order valence-electron chi connectivity index (χ3n) is 2.84. The number of hydrogen-bond acceptors (Lipinski definition) is 2. The van der Waals surface area contributed by atoms with Crippen LogP contribution in [0, 0.1) is 6.92 Å². The molecule has 0 fully saturated rings. The Kier molecular flexibility index (Phi) is 4.77. The molecule has 2 rings (SSSR count). The Hall–Kier alpha value is -1.58. The molecule has 0 saturated carbocycles. The smallest absolute Gasteiger partial charge is 0.132 e.